The lowest BCUT2D eigenvalue weighted by Gasteiger charge is -2.18. The van der Waals surface area contributed by atoms with Crippen molar-refractivity contribution >= 4 is 16.6 Å². The summed E-state index contributed by atoms with van der Waals surface area (Å²) in [7, 11) is 0. The zero-order valence-electron chi connectivity index (χ0n) is 12.3. The second-order valence-corrected chi connectivity index (χ2v) is 5.63. The third-order valence-corrected chi connectivity index (χ3v) is 3.31. The van der Waals surface area contributed by atoms with Crippen LogP contribution in [0.4, 0.5) is 0 Å². The van der Waals surface area contributed by atoms with Crippen LogP contribution in [0.25, 0.3) is 10.8 Å². The third kappa shape index (κ3) is 3.10. The van der Waals surface area contributed by atoms with Gasteiger partial charge in [-0.05, 0) is 36.8 Å². The van der Waals surface area contributed by atoms with E-state index in [9.17, 15) is 0 Å². The van der Waals surface area contributed by atoms with E-state index in [1.807, 2.05) is 36.4 Å². The summed E-state index contributed by atoms with van der Waals surface area (Å²) in [4.78, 5) is 0. The van der Waals surface area contributed by atoms with Crippen LogP contribution in [0.15, 0.2) is 36.4 Å². The molecule has 0 fully saturated rings. The first-order chi connectivity index (χ1) is 9.49. The fraction of sp³-hybridized carbons (Fsp3) is 0.353. The second-order valence-electron chi connectivity index (χ2n) is 5.63. The van der Waals surface area contributed by atoms with Crippen molar-refractivity contribution in [2.75, 3.05) is 0 Å². The standard InChI is InChI=1S/C17H22N2O/c1-11(2)10-12(3)20-16-9-8-15(17(18)19)13-6-4-5-7-14(13)16/h4-9,11-12H,10H2,1-3H3,(H3,18,19). The summed E-state index contributed by atoms with van der Waals surface area (Å²) in [5, 5.41) is 9.64. The van der Waals surface area contributed by atoms with E-state index >= 15 is 0 Å². The summed E-state index contributed by atoms with van der Waals surface area (Å²) in [5.74, 6) is 1.55. The van der Waals surface area contributed by atoms with Crippen LogP contribution in [0, 0.1) is 11.3 Å². The molecule has 0 aliphatic carbocycles. The van der Waals surface area contributed by atoms with Crippen LogP contribution >= 0.6 is 0 Å². The molecule has 2 aromatic rings. The lowest BCUT2D eigenvalue weighted by Crippen LogP contribution is -2.15. The van der Waals surface area contributed by atoms with E-state index in [1.54, 1.807) is 0 Å². The van der Waals surface area contributed by atoms with Crippen molar-refractivity contribution in [2.45, 2.75) is 33.3 Å². The van der Waals surface area contributed by atoms with E-state index in [2.05, 4.69) is 20.8 Å². The lowest BCUT2D eigenvalue weighted by atomic mass is 10.0. The van der Waals surface area contributed by atoms with Gasteiger partial charge in [0.25, 0.3) is 0 Å². The fourth-order valence-corrected chi connectivity index (χ4v) is 2.54. The quantitative estimate of drug-likeness (QED) is 0.638. The van der Waals surface area contributed by atoms with Gasteiger partial charge in [-0.1, -0.05) is 38.1 Å². The molecule has 0 saturated heterocycles. The molecule has 106 valence electrons. The number of nitrogens with two attached hydrogens (primary N) is 1. The van der Waals surface area contributed by atoms with Gasteiger partial charge in [0.15, 0.2) is 0 Å². The Balaban J connectivity index is 2.40. The molecule has 1 atom stereocenters. The van der Waals surface area contributed by atoms with Crippen molar-refractivity contribution in [3.05, 3.63) is 42.0 Å². The Morgan fingerprint density at radius 2 is 1.75 bits per heavy atom. The van der Waals surface area contributed by atoms with Gasteiger partial charge in [-0.3, -0.25) is 5.41 Å². The Hall–Kier alpha value is -2.03. The lowest BCUT2D eigenvalue weighted by molar-refractivity contribution is 0.195. The zero-order valence-corrected chi connectivity index (χ0v) is 12.3. The molecule has 1 unspecified atom stereocenters. The van der Waals surface area contributed by atoms with E-state index in [-0.39, 0.29) is 11.9 Å². The molecule has 3 N–H and O–H groups in total. The topological polar surface area (TPSA) is 59.1 Å². The molecule has 0 spiro atoms. The summed E-state index contributed by atoms with van der Waals surface area (Å²) in [6.45, 7) is 6.47. The first-order valence-corrected chi connectivity index (χ1v) is 7.02. The summed E-state index contributed by atoms with van der Waals surface area (Å²) in [6, 6.07) is 11.7. The van der Waals surface area contributed by atoms with Crippen molar-refractivity contribution in [1.82, 2.24) is 0 Å². The Labute approximate surface area is 120 Å². The number of hydrogen-bond acceptors (Lipinski definition) is 2. The van der Waals surface area contributed by atoms with Gasteiger partial charge in [0, 0.05) is 10.9 Å². The molecule has 2 rings (SSSR count). The molecule has 0 aliphatic heterocycles. The Morgan fingerprint density at radius 3 is 2.35 bits per heavy atom. The molecule has 3 heteroatoms. The first-order valence-electron chi connectivity index (χ1n) is 7.02. The number of nitrogens with one attached hydrogen (secondary N) is 1. The number of benzene rings is 2. The Bertz CT molecular complexity index is 619. The van der Waals surface area contributed by atoms with Gasteiger partial charge in [0.2, 0.25) is 0 Å². The monoisotopic (exact) mass is 270 g/mol. The van der Waals surface area contributed by atoms with Crippen molar-refractivity contribution < 1.29 is 4.74 Å². The molecule has 0 heterocycles. The molecule has 20 heavy (non-hydrogen) atoms. The average molecular weight is 270 g/mol. The average Bonchev–Trinajstić information content (AvgIpc) is 2.37. The number of amidine groups is 1. The van der Waals surface area contributed by atoms with Crippen LogP contribution in [-0.4, -0.2) is 11.9 Å². The van der Waals surface area contributed by atoms with E-state index in [1.165, 1.54) is 0 Å². The molecular weight excluding hydrogens is 248 g/mol. The summed E-state index contributed by atoms with van der Waals surface area (Å²) in [5.41, 5.74) is 6.39. The van der Waals surface area contributed by atoms with E-state index < -0.39 is 0 Å². The van der Waals surface area contributed by atoms with Crippen LogP contribution < -0.4 is 10.5 Å². The predicted molar refractivity (Wildman–Crippen MR) is 84.5 cm³/mol. The number of ether oxygens (including phenoxy) is 1. The Kier molecular flexibility index (Phi) is 4.28. The SMILES string of the molecule is CC(C)CC(C)Oc1ccc(C(=N)N)c2ccccc12. The van der Waals surface area contributed by atoms with Crippen LogP contribution in [-0.2, 0) is 0 Å². The highest BCUT2D eigenvalue weighted by atomic mass is 16.5. The highest BCUT2D eigenvalue weighted by molar-refractivity contribution is 6.09. The summed E-state index contributed by atoms with van der Waals surface area (Å²) in [6.07, 6.45) is 1.18. The minimum Gasteiger partial charge on any atom is -0.490 e. The van der Waals surface area contributed by atoms with Crippen molar-refractivity contribution in [3.8, 4) is 5.75 Å². The van der Waals surface area contributed by atoms with Gasteiger partial charge in [-0.2, -0.15) is 0 Å². The molecular formula is C17H22N2O. The maximum absolute atomic E-state index is 7.66. The summed E-state index contributed by atoms with van der Waals surface area (Å²) < 4.78 is 6.06. The van der Waals surface area contributed by atoms with Crippen LogP contribution in [0.3, 0.4) is 0 Å². The van der Waals surface area contributed by atoms with Crippen LogP contribution in [0.1, 0.15) is 32.8 Å². The van der Waals surface area contributed by atoms with Gasteiger partial charge >= 0.3 is 0 Å². The molecule has 0 aliphatic rings. The van der Waals surface area contributed by atoms with Crippen LogP contribution in [0.5, 0.6) is 5.75 Å². The van der Waals surface area contributed by atoms with Crippen molar-refractivity contribution in [2.24, 2.45) is 11.7 Å². The highest BCUT2D eigenvalue weighted by Crippen LogP contribution is 2.29. The molecule has 3 nitrogen and oxygen atoms in total. The molecule has 0 radical (unpaired) electrons. The molecule has 0 saturated carbocycles. The van der Waals surface area contributed by atoms with Gasteiger partial charge in [0.05, 0.1) is 6.10 Å². The second kappa shape index (κ2) is 5.95. The van der Waals surface area contributed by atoms with Crippen molar-refractivity contribution in [3.63, 3.8) is 0 Å². The maximum atomic E-state index is 7.66. The minimum absolute atomic E-state index is 0.0861. The molecule has 0 amide bonds. The minimum atomic E-state index is 0.0861. The smallest absolute Gasteiger partial charge is 0.127 e. The third-order valence-electron chi connectivity index (χ3n) is 3.31. The van der Waals surface area contributed by atoms with Gasteiger partial charge < -0.3 is 10.5 Å². The molecule has 2 aromatic carbocycles. The molecule has 0 aromatic heterocycles. The highest BCUT2D eigenvalue weighted by Gasteiger charge is 2.12. The fourth-order valence-electron chi connectivity index (χ4n) is 2.54. The van der Waals surface area contributed by atoms with Crippen molar-refractivity contribution in [1.29, 1.82) is 5.41 Å². The largest absolute Gasteiger partial charge is 0.490 e. The number of fused-ring (bicyclic) bond motifs is 1. The normalized spacial score (nSPS) is 12.6. The van der Waals surface area contributed by atoms with Gasteiger partial charge in [-0.15, -0.1) is 0 Å². The maximum Gasteiger partial charge on any atom is 0.127 e. The summed E-state index contributed by atoms with van der Waals surface area (Å²) >= 11 is 0. The van der Waals surface area contributed by atoms with Gasteiger partial charge in [-0.25, -0.2) is 0 Å². The first kappa shape index (κ1) is 14.4. The zero-order chi connectivity index (χ0) is 14.7. The van der Waals surface area contributed by atoms with Crippen LogP contribution in [0.2, 0.25) is 0 Å². The number of rotatable bonds is 5. The molecule has 0 bridgehead atoms. The number of nitrogen functional groups attached to an aromatic ring is 1. The predicted octanol–water partition coefficient (Wildman–Crippen LogP) is 3.94. The van der Waals surface area contributed by atoms with E-state index in [4.69, 9.17) is 15.9 Å². The Morgan fingerprint density at radius 1 is 1.10 bits per heavy atom. The van der Waals surface area contributed by atoms with E-state index in [0.29, 0.717) is 5.92 Å². The van der Waals surface area contributed by atoms with Gasteiger partial charge in [0.1, 0.15) is 11.6 Å². The van der Waals surface area contributed by atoms with E-state index in [0.717, 1.165) is 28.5 Å². The number of hydrogen-bond donors (Lipinski definition) is 2.